The summed E-state index contributed by atoms with van der Waals surface area (Å²) in [4.78, 5) is 13.1. The van der Waals surface area contributed by atoms with Crippen molar-refractivity contribution in [1.29, 1.82) is 0 Å². The molecule has 0 bridgehead atoms. The third kappa shape index (κ3) is 2.83. The highest BCUT2D eigenvalue weighted by Gasteiger charge is 2.34. The van der Waals surface area contributed by atoms with Crippen LogP contribution in [0.1, 0.15) is 15.9 Å². The first-order valence-corrected chi connectivity index (χ1v) is 9.59. The van der Waals surface area contributed by atoms with Crippen molar-refractivity contribution in [2.24, 2.45) is 4.36 Å². The van der Waals surface area contributed by atoms with Crippen molar-refractivity contribution in [2.45, 2.75) is 5.75 Å². The van der Waals surface area contributed by atoms with E-state index in [1.807, 2.05) is 48.5 Å². The van der Waals surface area contributed by atoms with Gasteiger partial charge in [-0.05, 0) is 29.8 Å². The highest BCUT2D eigenvalue weighted by atomic mass is 32.2. The van der Waals surface area contributed by atoms with Crippen molar-refractivity contribution in [2.75, 3.05) is 4.31 Å². The first kappa shape index (κ1) is 15.6. The molecule has 1 heterocycles. The third-order valence-electron chi connectivity index (χ3n) is 4.03. The molecule has 1 amide bonds. The number of anilines is 1. The average Bonchev–Trinajstić information content (AvgIpc) is 2.63. The molecular weight excluding hydrogens is 332 g/mol. The molecule has 0 saturated heterocycles. The summed E-state index contributed by atoms with van der Waals surface area (Å²) in [5.41, 5.74) is 2.43. The molecule has 1 aliphatic rings. The predicted molar refractivity (Wildman–Crippen MR) is 100 cm³/mol. The molecule has 0 spiro atoms. The molecule has 0 saturated carbocycles. The molecule has 0 aromatic heterocycles. The van der Waals surface area contributed by atoms with E-state index in [0.29, 0.717) is 16.9 Å². The number of para-hydroxylation sites is 1. The Bertz CT molecular complexity index is 1040. The molecule has 124 valence electrons. The van der Waals surface area contributed by atoms with E-state index in [-0.39, 0.29) is 11.7 Å². The number of hydrogen-bond acceptors (Lipinski definition) is 3. The van der Waals surface area contributed by atoms with Gasteiger partial charge in [0.15, 0.2) is 0 Å². The van der Waals surface area contributed by atoms with Gasteiger partial charge in [-0.3, -0.25) is 4.79 Å². The number of carbonyl (C=O) groups excluding carboxylic acids is 1. The van der Waals surface area contributed by atoms with Crippen molar-refractivity contribution < 1.29 is 9.00 Å². The van der Waals surface area contributed by atoms with Gasteiger partial charge in [0.25, 0.3) is 5.91 Å². The van der Waals surface area contributed by atoms with Crippen LogP contribution in [0.25, 0.3) is 0 Å². The lowest BCUT2D eigenvalue weighted by Gasteiger charge is -2.30. The van der Waals surface area contributed by atoms with E-state index in [1.54, 1.807) is 36.4 Å². The van der Waals surface area contributed by atoms with Crippen molar-refractivity contribution >= 4 is 27.2 Å². The molecule has 0 radical (unpaired) electrons. The highest BCUT2D eigenvalue weighted by Crippen LogP contribution is 2.34. The largest absolute Gasteiger partial charge is 0.273 e. The topological polar surface area (TPSA) is 49.7 Å². The van der Waals surface area contributed by atoms with E-state index in [9.17, 15) is 9.00 Å². The SMILES string of the molecule is O=C1c2ccccc2N=S(=O)(Cc2ccccc2)N1c1ccccc1. The van der Waals surface area contributed by atoms with Crippen molar-refractivity contribution in [3.05, 3.63) is 96.1 Å². The molecule has 25 heavy (non-hydrogen) atoms. The number of hydrogen-bond donors (Lipinski definition) is 0. The number of rotatable bonds is 3. The quantitative estimate of drug-likeness (QED) is 0.696. The van der Waals surface area contributed by atoms with Crippen LogP contribution in [0, 0.1) is 0 Å². The van der Waals surface area contributed by atoms with E-state index >= 15 is 0 Å². The maximum Gasteiger partial charge on any atom is 0.273 e. The molecule has 0 aliphatic carbocycles. The monoisotopic (exact) mass is 348 g/mol. The van der Waals surface area contributed by atoms with Gasteiger partial charge in [-0.1, -0.05) is 60.7 Å². The van der Waals surface area contributed by atoms with Crippen LogP contribution < -0.4 is 4.31 Å². The van der Waals surface area contributed by atoms with E-state index in [1.165, 1.54) is 4.31 Å². The molecule has 3 aromatic carbocycles. The lowest BCUT2D eigenvalue weighted by atomic mass is 10.1. The van der Waals surface area contributed by atoms with Gasteiger partial charge in [0.1, 0.15) is 9.92 Å². The zero-order chi connectivity index (χ0) is 17.3. The smallest absolute Gasteiger partial charge is 0.268 e. The summed E-state index contributed by atoms with van der Waals surface area (Å²) >= 11 is 0. The van der Waals surface area contributed by atoms with E-state index in [2.05, 4.69) is 4.36 Å². The Morgan fingerprint density at radius 2 is 1.40 bits per heavy atom. The summed E-state index contributed by atoms with van der Waals surface area (Å²) < 4.78 is 19.7. The summed E-state index contributed by atoms with van der Waals surface area (Å²) in [6.07, 6.45) is 0. The lowest BCUT2D eigenvalue weighted by molar-refractivity contribution is 0.101. The number of carbonyl (C=O) groups is 1. The highest BCUT2D eigenvalue weighted by molar-refractivity contribution is 7.95. The minimum Gasteiger partial charge on any atom is -0.268 e. The van der Waals surface area contributed by atoms with Gasteiger partial charge in [0.2, 0.25) is 0 Å². The molecule has 1 atom stereocenters. The summed E-state index contributed by atoms with van der Waals surface area (Å²) in [5, 5.41) is 0. The van der Waals surface area contributed by atoms with Gasteiger partial charge in [-0.15, -0.1) is 0 Å². The van der Waals surface area contributed by atoms with Crippen LogP contribution in [0.2, 0.25) is 0 Å². The Kier molecular flexibility index (Phi) is 3.86. The van der Waals surface area contributed by atoms with Crippen LogP contribution in [0.4, 0.5) is 11.4 Å². The van der Waals surface area contributed by atoms with Crippen LogP contribution in [0.15, 0.2) is 89.3 Å². The summed E-state index contributed by atoms with van der Waals surface area (Å²) in [6, 6.07) is 25.6. The molecular formula is C20H16N2O2S. The van der Waals surface area contributed by atoms with Crippen molar-refractivity contribution in [1.82, 2.24) is 0 Å². The normalized spacial score (nSPS) is 19.2. The van der Waals surface area contributed by atoms with Crippen LogP contribution in [-0.4, -0.2) is 10.1 Å². The first-order valence-electron chi connectivity index (χ1n) is 7.95. The van der Waals surface area contributed by atoms with E-state index < -0.39 is 9.92 Å². The Morgan fingerprint density at radius 1 is 0.800 bits per heavy atom. The standard InChI is InChI=1S/C20H16N2O2S/c23-20-18-13-7-8-14-19(18)21-25(24,15-16-9-3-1-4-10-16)22(20)17-11-5-2-6-12-17/h1-14H,15H2. The summed E-state index contributed by atoms with van der Waals surface area (Å²) in [5.74, 6) is -0.0965. The average molecular weight is 348 g/mol. The van der Waals surface area contributed by atoms with Crippen LogP contribution >= 0.6 is 0 Å². The molecule has 4 nitrogen and oxygen atoms in total. The van der Waals surface area contributed by atoms with Crippen molar-refractivity contribution in [3.63, 3.8) is 0 Å². The van der Waals surface area contributed by atoms with E-state index in [4.69, 9.17) is 0 Å². The Hall–Kier alpha value is -2.92. The molecule has 0 N–H and O–H groups in total. The Labute approximate surface area is 147 Å². The van der Waals surface area contributed by atoms with Gasteiger partial charge in [-0.25, -0.2) is 8.51 Å². The number of benzene rings is 3. The molecule has 3 aromatic rings. The molecule has 4 rings (SSSR count). The second kappa shape index (κ2) is 6.18. The fourth-order valence-electron chi connectivity index (χ4n) is 2.90. The number of fused-ring (bicyclic) bond motifs is 1. The zero-order valence-electron chi connectivity index (χ0n) is 13.4. The minimum atomic E-state index is -2.99. The molecule has 5 heteroatoms. The van der Waals surface area contributed by atoms with Crippen molar-refractivity contribution in [3.8, 4) is 0 Å². The molecule has 1 unspecified atom stereocenters. The van der Waals surface area contributed by atoms with Gasteiger partial charge in [0.05, 0.1) is 22.7 Å². The maximum atomic E-state index is 13.8. The number of nitrogens with zero attached hydrogens (tertiary/aromatic N) is 2. The predicted octanol–water partition coefficient (Wildman–Crippen LogP) is 4.56. The fourth-order valence-corrected chi connectivity index (χ4v) is 5.08. The first-order chi connectivity index (χ1) is 12.2. The van der Waals surface area contributed by atoms with Crippen LogP contribution in [0.5, 0.6) is 0 Å². The molecule has 0 fully saturated rings. The lowest BCUT2D eigenvalue weighted by Crippen LogP contribution is -2.39. The Morgan fingerprint density at radius 3 is 2.12 bits per heavy atom. The van der Waals surface area contributed by atoms with E-state index in [0.717, 1.165) is 5.56 Å². The van der Waals surface area contributed by atoms with Crippen LogP contribution in [0.3, 0.4) is 0 Å². The minimum absolute atomic E-state index is 0.183. The second-order valence-corrected chi connectivity index (χ2v) is 7.83. The van der Waals surface area contributed by atoms with Gasteiger partial charge in [0, 0.05) is 0 Å². The summed E-state index contributed by atoms with van der Waals surface area (Å²) in [6.45, 7) is 0. The Balaban J connectivity index is 1.92. The fraction of sp³-hybridized carbons (Fsp3) is 0.0500. The third-order valence-corrected chi connectivity index (χ3v) is 6.17. The molecule has 1 aliphatic heterocycles. The number of amides is 1. The second-order valence-electron chi connectivity index (χ2n) is 5.78. The van der Waals surface area contributed by atoms with Gasteiger partial charge >= 0.3 is 0 Å². The maximum absolute atomic E-state index is 13.8. The zero-order valence-corrected chi connectivity index (χ0v) is 14.2. The van der Waals surface area contributed by atoms with Crippen LogP contribution in [-0.2, 0) is 15.7 Å². The van der Waals surface area contributed by atoms with Gasteiger partial charge < -0.3 is 0 Å². The van der Waals surface area contributed by atoms with Gasteiger partial charge in [-0.2, -0.15) is 4.36 Å². The summed E-state index contributed by atoms with van der Waals surface area (Å²) in [7, 11) is -2.99.